The van der Waals surface area contributed by atoms with Gasteiger partial charge in [0.2, 0.25) is 0 Å². The number of unbranched alkanes of at least 4 members (excludes halogenated alkanes) is 39. The van der Waals surface area contributed by atoms with Gasteiger partial charge >= 0.3 is 17.9 Å². The highest BCUT2D eigenvalue weighted by molar-refractivity contribution is 5.71. The van der Waals surface area contributed by atoms with Gasteiger partial charge in [-0.3, -0.25) is 14.4 Å². The van der Waals surface area contributed by atoms with Crippen molar-refractivity contribution in [3.8, 4) is 0 Å². The number of allylic oxidation sites excluding steroid dienone is 4. The van der Waals surface area contributed by atoms with Crippen LogP contribution < -0.4 is 0 Å². The minimum absolute atomic E-state index is 0.0703. The van der Waals surface area contributed by atoms with E-state index in [0.717, 1.165) is 77.0 Å². The summed E-state index contributed by atoms with van der Waals surface area (Å²) in [5, 5.41) is 0. The van der Waals surface area contributed by atoms with E-state index in [2.05, 4.69) is 45.1 Å². The van der Waals surface area contributed by atoms with E-state index in [1.165, 1.54) is 205 Å². The molecule has 0 heterocycles. The second-order valence-corrected chi connectivity index (χ2v) is 19.9. The number of carbonyl (C=O) groups excluding carboxylic acids is 3. The smallest absolute Gasteiger partial charge is 0.306 e. The van der Waals surface area contributed by atoms with Crippen molar-refractivity contribution in [2.75, 3.05) is 13.2 Å². The molecule has 0 N–H and O–H groups in total. The molecular weight excluding hydrogens is 817 g/mol. The molecule has 0 aromatic rings. The normalized spacial score (nSPS) is 12.1. The van der Waals surface area contributed by atoms with E-state index in [9.17, 15) is 14.4 Å². The Morgan fingerprint density at radius 2 is 0.545 bits per heavy atom. The summed E-state index contributed by atoms with van der Waals surface area (Å²) in [6, 6.07) is 0. The summed E-state index contributed by atoms with van der Waals surface area (Å²) in [5.41, 5.74) is 0. The SMILES string of the molecule is CCCCC/C=C\C/C=C\CCCCCCCC(=O)OC[C@H](COC(=O)CCCCCCCCCCCCCC)OC(=O)CCCCCCCCCCCCCCCCCCCCCCC. The molecule has 0 rings (SSSR count). The molecular formula is C60H112O6. The third-order valence-electron chi connectivity index (χ3n) is 13.2. The Bertz CT molecular complexity index is 1070. The molecule has 0 spiro atoms. The average Bonchev–Trinajstić information content (AvgIpc) is 3.31. The molecule has 0 saturated carbocycles. The molecule has 1 atom stereocenters. The molecule has 0 aliphatic carbocycles. The van der Waals surface area contributed by atoms with Crippen LogP contribution in [-0.2, 0) is 28.6 Å². The van der Waals surface area contributed by atoms with Gasteiger partial charge in [0, 0.05) is 19.3 Å². The molecule has 6 heteroatoms. The zero-order valence-corrected chi connectivity index (χ0v) is 44.5. The topological polar surface area (TPSA) is 78.9 Å². The number of hydrogen-bond acceptors (Lipinski definition) is 6. The van der Waals surface area contributed by atoms with Crippen LogP contribution in [0.1, 0.15) is 323 Å². The Morgan fingerprint density at radius 3 is 0.864 bits per heavy atom. The van der Waals surface area contributed by atoms with Gasteiger partial charge in [-0.1, -0.05) is 276 Å². The molecule has 0 unspecified atom stereocenters. The van der Waals surface area contributed by atoms with Crippen LogP contribution in [0.3, 0.4) is 0 Å². The first-order valence-corrected chi connectivity index (χ1v) is 29.3. The van der Waals surface area contributed by atoms with E-state index in [4.69, 9.17) is 14.2 Å². The maximum Gasteiger partial charge on any atom is 0.306 e. The fraction of sp³-hybridized carbons (Fsp3) is 0.883. The Balaban J connectivity index is 4.28. The van der Waals surface area contributed by atoms with E-state index in [1.54, 1.807) is 0 Å². The highest BCUT2D eigenvalue weighted by atomic mass is 16.6. The van der Waals surface area contributed by atoms with E-state index >= 15 is 0 Å². The summed E-state index contributed by atoms with van der Waals surface area (Å²) in [7, 11) is 0. The van der Waals surface area contributed by atoms with E-state index in [-0.39, 0.29) is 31.1 Å². The number of hydrogen-bond donors (Lipinski definition) is 0. The van der Waals surface area contributed by atoms with Crippen molar-refractivity contribution in [2.24, 2.45) is 0 Å². The van der Waals surface area contributed by atoms with Crippen molar-refractivity contribution in [3.63, 3.8) is 0 Å². The van der Waals surface area contributed by atoms with Crippen molar-refractivity contribution >= 4 is 17.9 Å². The van der Waals surface area contributed by atoms with Gasteiger partial charge in [-0.2, -0.15) is 0 Å². The molecule has 0 amide bonds. The van der Waals surface area contributed by atoms with Crippen LogP contribution in [-0.4, -0.2) is 37.2 Å². The standard InChI is InChI=1S/C60H112O6/c1-4-7-10-13-16-19-22-25-27-28-29-30-31-32-34-36-39-42-45-48-51-54-60(63)66-57(55-64-58(61)52-49-46-43-40-37-24-21-18-15-12-9-6-3)56-65-59(62)53-50-47-44-41-38-35-33-26-23-20-17-14-11-8-5-2/h17,20,26,33,57H,4-16,18-19,21-25,27-32,34-56H2,1-3H3/b20-17-,33-26-/t57-/m0/s1. The predicted molar refractivity (Wildman–Crippen MR) is 284 cm³/mol. The third-order valence-corrected chi connectivity index (χ3v) is 13.2. The maximum absolute atomic E-state index is 12.9. The molecule has 6 nitrogen and oxygen atoms in total. The van der Waals surface area contributed by atoms with E-state index in [1.807, 2.05) is 0 Å². The fourth-order valence-corrected chi connectivity index (χ4v) is 8.77. The van der Waals surface area contributed by atoms with Crippen molar-refractivity contribution < 1.29 is 28.6 Å². The summed E-state index contributed by atoms with van der Waals surface area (Å²) in [6.07, 6.45) is 64.6. The Kier molecular flexibility index (Phi) is 53.7. The summed E-state index contributed by atoms with van der Waals surface area (Å²) in [5.74, 6) is -0.864. The molecule has 0 aliphatic rings. The van der Waals surface area contributed by atoms with Gasteiger partial charge < -0.3 is 14.2 Å². The molecule has 0 bridgehead atoms. The maximum atomic E-state index is 12.9. The lowest BCUT2D eigenvalue weighted by Crippen LogP contribution is -2.30. The quantitative estimate of drug-likeness (QED) is 0.0262. The van der Waals surface area contributed by atoms with E-state index in [0.29, 0.717) is 19.3 Å². The summed E-state index contributed by atoms with van der Waals surface area (Å²) in [4.78, 5) is 38.1. The van der Waals surface area contributed by atoms with Crippen LogP contribution in [0, 0.1) is 0 Å². The second kappa shape index (κ2) is 55.5. The molecule has 0 aromatic heterocycles. The van der Waals surface area contributed by atoms with Crippen LogP contribution in [0.5, 0.6) is 0 Å². The van der Waals surface area contributed by atoms with Gasteiger partial charge in [0.05, 0.1) is 0 Å². The first-order chi connectivity index (χ1) is 32.5. The zero-order chi connectivity index (χ0) is 47.9. The Hall–Kier alpha value is -2.11. The lowest BCUT2D eigenvalue weighted by atomic mass is 10.0. The van der Waals surface area contributed by atoms with Crippen molar-refractivity contribution in [2.45, 2.75) is 329 Å². The fourth-order valence-electron chi connectivity index (χ4n) is 8.77. The first kappa shape index (κ1) is 63.9. The molecule has 0 fully saturated rings. The van der Waals surface area contributed by atoms with Crippen molar-refractivity contribution in [1.82, 2.24) is 0 Å². The zero-order valence-electron chi connectivity index (χ0n) is 44.5. The number of rotatable bonds is 54. The molecule has 0 aromatic carbocycles. The highest BCUT2D eigenvalue weighted by Gasteiger charge is 2.19. The van der Waals surface area contributed by atoms with Crippen LogP contribution in [0.2, 0.25) is 0 Å². The Morgan fingerprint density at radius 1 is 0.303 bits per heavy atom. The van der Waals surface area contributed by atoms with Gasteiger partial charge in [-0.25, -0.2) is 0 Å². The van der Waals surface area contributed by atoms with E-state index < -0.39 is 6.10 Å². The van der Waals surface area contributed by atoms with Crippen LogP contribution in [0.25, 0.3) is 0 Å². The summed E-state index contributed by atoms with van der Waals surface area (Å²) < 4.78 is 16.9. The first-order valence-electron chi connectivity index (χ1n) is 29.3. The molecule has 0 aliphatic heterocycles. The van der Waals surface area contributed by atoms with Gasteiger partial charge in [-0.15, -0.1) is 0 Å². The third kappa shape index (κ3) is 52.9. The average molecular weight is 930 g/mol. The van der Waals surface area contributed by atoms with Gasteiger partial charge in [-0.05, 0) is 51.4 Å². The van der Waals surface area contributed by atoms with Crippen LogP contribution >= 0.6 is 0 Å². The number of ether oxygens (including phenoxy) is 3. The number of carbonyl (C=O) groups is 3. The summed E-state index contributed by atoms with van der Waals surface area (Å²) in [6.45, 7) is 6.65. The predicted octanol–water partition coefficient (Wildman–Crippen LogP) is 19.5. The molecule has 0 saturated heterocycles. The minimum Gasteiger partial charge on any atom is -0.462 e. The van der Waals surface area contributed by atoms with Gasteiger partial charge in [0.25, 0.3) is 0 Å². The molecule has 66 heavy (non-hydrogen) atoms. The Labute approximate surface area is 411 Å². The van der Waals surface area contributed by atoms with Crippen LogP contribution in [0.15, 0.2) is 24.3 Å². The van der Waals surface area contributed by atoms with Crippen molar-refractivity contribution in [3.05, 3.63) is 24.3 Å². The second-order valence-electron chi connectivity index (χ2n) is 19.9. The van der Waals surface area contributed by atoms with Gasteiger partial charge in [0.1, 0.15) is 13.2 Å². The monoisotopic (exact) mass is 929 g/mol. The summed E-state index contributed by atoms with van der Waals surface area (Å²) >= 11 is 0. The number of esters is 3. The minimum atomic E-state index is -0.771. The molecule has 388 valence electrons. The lowest BCUT2D eigenvalue weighted by Gasteiger charge is -2.18. The van der Waals surface area contributed by atoms with Crippen molar-refractivity contribution in [1.29, 1.82) is 0 Å². The molecule has 0 radical (unpaired) electrons. The van der Waals surface area contributed by atoms with Gasteiger partial charge in [0.15, 0.2) is 6.10 Å². The van der Waals surface area contributed by atoms with Crippen LogP contribution in [0.4, 0.5) is 0 Å². The lowest BCUT2D eigenvalue weighted by molar-refractivity contribution is -0.167. The highest BCUT2D eigenvalue weighted by Crippen LogP contribution is 2.17. The largest absolute Gasteiger partial charge is 0.462 e.